The molecule has 7 nitrogen and oxygen atoms in total. The van der Waals surface area contributed by atoms with Crippen molar-refractivity contribution in [2.45, 2.75) is 10.9 Å². The van der Waals surface area contributed by atoms with Gasteiger partial charge in [0, 0.05) is 58.6 Å². The van der Waals surface area contributed by atoms with Gasteiger partial charge in [0.05, 0.1) is 6.20 Å². The van der Waals surface area contributed by atoms with E-state index in [1.54, 1.807) is 17.5 Å². The summed E-state index contributed by atoms with van der Waals surface area (Å²) in [6.45, 7) is 4.80. The lowest BCUT2D eigenvalue weighted by Gasteiger charge is -2.42. The number of rotatable bonds is 3. The van der Waals surface area contributed by atoms with Gasteiger partial charge in [-0.2, -0.15) is 9.40 Å². The molecule has 3 heterocycles. The van der Waals surface area contributed by atoms with Crippen molar-refractivity contribution in [3.8, 4) is 0 Å². The summed E-state index contributed by atoms with van der Waals surface area (Å²) >= 11 is 0. The molecule has 1 aromatic heterocycles. The van der Waals surface area contributed by atoms with Crippen LogP contribution in [0, 0.1) is 0 Å². The zero-order valence-electron chi connectivity index (χ0n) is 11.0. The van der Waals surface area contributed by atoms with E-state index < -0.39 is 10.0 Å². The standard InChI is InChI=1S/C11H19N5O2S/c1-14-9-11(8-13-14)19(17,18)16-4-2-15(3-5-16)10-6-12-7-10/h8-10,12H,2-7H2,1H3. The molecule has 8 heteroatoms. The molecule has 0 radical (unpaired) electrons. The van der Waals surface area contributed by atoms with Gasteiger partial charge in [-0.05, 0) is 0 Å². The molecule has 1 N–H and O–H groups in total. The number of aryl methyl sites for hydroxylation is 1. The summed E-state index contributed by atoms with van der Waals surface area (Å²) in [5, 5.41) is 7.18. The summed E-state index contributed by atoms with van der Waals surface area (Å²) < 4.78 is 27.9. The van der Waals surface area contributed by atoms with E-state index in [4.69, 9.17) is 0 Å². The van der Waals surface area contributed by atoms with Crippen LogP contribution in [-0.2, 0) is 17.1 Å². The molecule has 0 spiro atoms. The van der Waals surface area contributed by atoms with E-state index >= 15 is 0 Å². The van der Waals surface area contributed by atoms with Crippen molar-refractivity contribution in [1.82, 2.24) is 24.3 Å². The van der Waals surface area contributed by atoms with E-state index in [1.807, 2.05) is 0 Å². The summed E-state index contributed by atoms with van der Waals surface area (Å²) in [5.41, 5.74) is 0. The smallest absolute Gasteiger partial charge is 0.246 e. The van der Waals surface area contributed by atoms with Crippen LogP contribution in [0.5, 0.6) is 0 Å². The summed E-state index contributed by atoms with van der Waals surface area (Å²) in [7, 11) is -1.65. The summed E-state index contributed by atoms with van der Waals surface area (Å²) in [6.07, 6.45) is 2.97. The molecule has 0 aromatic carbocycles. The van der Waals surface area contributed by atoms with Gasteiger partial charge in [0.2, 0.25) is 10.0 Å². The molecule has 2 aliphatic rings. The Morgan fingerprint density at radius 3 is 2.42 bits per heavy atom. The Kier molecular flexibility index (Phi) is 3.34. The maximum absolute atomic E-state index is 12.4. The number of nitrogens with zero attached hydrogens (tertiary/aromatic N) is 4. The normalized spacial score (nSPS) is 23.4. The minimum atomic E-state index is -3.37. The monoisotopic (exact) mass is 285 g/mol. The van der Waals surface area contributed by atoms with Crippen LogP contribution in [0.3, 0.4) is 0 Å². The maximum Gasteiger partial charge on any atom is 0.246 e. The Labute approximate surface area is 113 Å². The van der Waals surface area contributed by atoms with Crippen LogP contribution < -0.4 is 5.32 Å². The predicted molar refractivity (Wildman–Crippen MR) is 70.2 cm³/mol. The lowest BCUT2D eigenvalue weighted by atomic mass is 10.1. The van der Waals surface area contributed by atoms with E-state index in [0.29, 0.717) is 19.1 Å². The summed E-state index contributed by atoms with van der Waals surface area (Å²) in [5.74, 6) is 0. The summed E-state index contributed by atoms with van der Waals surface area (Å²) in [4.78, 5) is 2.65. The molecule has 0 unspecified atom stereocenters. The number of nitrogens with one attached hydrogen (secondary N) is 1. The molecule has 0 atom stereocenters. The molecular formula is C11H19N5O2S. The molecule has 0 saturated carbocycles. The topological polar surface area (TPSA) is 70.5 Å². The molecule has 0 aliphatic carbocycles. The third kappa shape index (κ3) is 2.40. The molecule has 2 fully saturated rings. The second-order valence-electron chi connectivity index (χ2n) is 5.10. The van der Waals surface area contributed by atoms with Gasteiger partial charge in [-0.1, -0.05) is 0 Å². The average Bonchev–Trinajstić information content (AvgIpc) is 2.75. The van der Waals surface area contributed by atoms with Gasteiger partial charge < -0.3 is 5.32 Å². The first-order valence-corrected chi connectivity index (χ1v) is 7.95. The molecular weight excluding hydrogens is 266 g/mol. The maximum atomic E-state index is 12.4. The predicted octanol–water partition coefficient (Wildman–Crippen LogP) is -1.30. The third-order valence-corrected chi connectivity index (χ3v) is 5.72. The number of hydrogen-bond acceptors (Lipinski definition) is 5. The number of aromatic nitrogens is 2. The second kappa shape index (κ2) is 4.86. The van der Waals surface area contributed by atoms with Crippen LogP contribution in [0.4, 0.5) is 0 Å². The summed E-state index contributed by atoms with van der Waals surface area (Å²) in [6, 6.07) is 0.586. The Balaban J connectivity index is 1.67. The molecule has 0 amide bonds. The van der Waals surface area contributed by atoms with Gasteiger partial charge in [0.1, 0.15) is 4.90 Å². The lowest BCUT2D eigenvalue weighted by molar-refractivity contribution is 0.103. The highest BCUT2D eigenvalue weighted by atomic mass is 32.2. The zero-order chi connectivity index (χ0) is 13.5. The van der Waals surface area contributed by atoms with Crippen molar-refractivity contribution in [3.05, 3.63) is 12.4 Å². The van der Waals surface area contributed by atoms with Gasteiger partial charge >= 0.3 is 0 Å². The highest BCUT2D eigenvalue weighted by Crippen LogP contribution is 2.18. The van der Waals surface area contributed by atoms with Crippen LogP contribution >= 0.6 is 0 Å². The minimum absolute atomic E-state index is 0.286. The molecule has 2 aliphatic heterocycles. The van der Waals surface area contributed by atoms with Crippen molar-refractivity contribution in [3.63, 3.8) is 0 Å². The molecule has 0 bridgehead atoms. The van der Waals surface area contributed by atoms with Crippen molar-refractivity contribution in [2.75, 3.05) is 39.3 Å². The molecule has 3 rings (SSSR count). The number of hydrogen-bond donors (Lipinski definition) is 1. The van der Waals surface area contributed by atoms with E-state index in [2.05, 4.69) is 15.3 Å². The minimum Gasteiger partial charge on any atom is -0.314 e. The first-order chi connectivity index (χ1) is 9.07. The van der Waals surface area contributed by atoms with E-state index in [1.165, 1.54) is 10.9 Å². The Morgan fingerprint density at radius 2 is 1.95 bits per heavy atom. The quantitative estimate of drug-likeness (QED) is 0.747. The fraction of sp³-hybridized carbons (Fsp3) is 0.727. The van der Waals surface area contributed by atoms with Gasteiger partial charge in [-0.3, -0.25) is 9.58 Å². The van der Waals surface area contributed by atoms with Crippen molar-refractivity contribution >= 4 is 10.0 Å². The van der Waals surface area contributed by atoms with E-state index in [0.717, 1.165) is 26.2 Å². The first-order valence-electron chi connectivity index (χ1n) is 6.51. The molecule has 19 heavy (non-hydrogen) atoms. The van der Waals surface area contributed by atoms with Crippen LogP contribution in [-0.4, -0.2) is 72.7 Å². The van der Waals surface area contributed by atoms with Crippen LogP contribution in [0.25, 0.3) is 0 Å². The van der Waals surface area contributed by atoms with Crippen LogP contribution in [0.15, 0.2) is 17.3 Å². The largest absolute Gasteiger partial charge is 0.314 e. The Bertz CT molecular complexity index is 543. The molecule has 2 saturated heterocycles. The van der Waals surface area contributed by atoms with Gasteiger partial charge in [-0.25, -0.2) is 8.42 Å². The Morgan fingerprint density at radius 1 is 1.26 bits per heavy atom. The lowest BCUT2D eigenvalue weighted by Crippen LogP contribution is -2.62. The van der Waals surface area contributed by atoms with Gasteiger partial charge in [0.15, 0.2) is 0 Å². The highest BCUT2D eigenvalue weighted by molar-refractivity contribution is 7.89. The number of piperazine rings is 1. The van der Waals surface area contributed by atoms with Crippen LogP contribution in [0.1, 0.15) is 0 Å². The Hall–Kier alpha value is -0.960. The van der Waals surface area contributed by atoms with Crippen molar-refractivity contribution in [2.24, 2.45) is 7.05 Å². The number of sulfonamides is 1. The van der Waals surface area contributed by atoms with E-state index in [9.17, 15) is 8.42 Å². The fourth-order valence-electron chi connectivity index (χ4n) is 2.52. The van der Waals surface area contributed by atoms with Gasteiger partial charge in [0.25, 0.3) is 0 Å². The second-order valence-corrected chi connectivity index (χ2v) is 7.04. The van der Waals surface area contributed by atoms with E-state index in [-0.39, 0.29) is 4.90 Å². The van der Waals surface area contributed by atoms with Crippen LogP contribution in [0.2, 0.25) is 0 Å². The fourth-order valence-corrected chi connectivity index (χ4v) is 3.93. The SMILES string of the molecule is Cn1cc(S(=O)(=O)N2CCN(C3CNC3)CC2)cn1. The average molecular weight is 285 g/mol. The third-order valence-electron chi connectivity index (χ3n) is 3.87. The highest BCUT2D eigenvalue weighted by Gasteiger charge is 2.33. The molecule has 106 valence electrons. The zero-order valence-corrected chi connectivity index (χ0v) is 11.8. The molecule has 1 aromatic rings. The van der Waals surface area contributed by atoms with Gasteiger partial charge in [-0.15, -0.1) is 0 Å². The first kappa shape index (κ1) is 13.0. The van der Waals surface area contributed by atoms with Crippen molar-refractivity contribution < 1.29 is 8.42 Å². The van der Waals surface area contributed by atoms with Crippen molar-refractivity contribution in [1.29, 1.82) is 0 Å².